The van der Waals surface area contributed by atoms with Crippen molar-refractivity contribution in [2.45, 2.75) is 26.3 Å². The van der Waals surface area contributed by atoms with Gasteiger partial charge in [0.25, 0.3) is 0 Å². The number of nitrogens with one attached hydrogen (secondary N) is 1. The first-order valence-electron chi connectivity index (χ1n) is 6.97. The first kappa shape index (κ1) is 16.0. The quantitative estimate of drug-likeness (QED) is 0.897. The number of nitrogens with zero attached hydrogens (tertiary/aromatic N) is 2. The van der Waals surface area contributed by atoms with Crippen LogP contribution in [0.4, 0.5) is 0 Å². The first-order chi connectivity index (χ1) is 9.97. The summed E-state index contributed by atoms with van der Waals surface area (Å²) in [4.78, 5) is 0. The van der Waals surface area contributed by atoms with Gasteiger partial charge < -0.3 is 10.1 Å². The number of ether oxygens (including phenoxy) is 1. The third-order valence-electron chi connectivity index (χ3n) is 3.92. The summed E-state index contributed by atoms with van der Waals surface area (Å²) in [6.45, 7) is 4.18. The molecule has 1 heterocycles. The Morgan fingerprint density at radius 1 is 1.38 bits per heavy atom. The molecule has 2 aromatic rings. The second-order valence-corrected chi connectivity index (χ2v) is 6.08. The van der Waals surface area contributed by atoms with Crippen molar-refractivity contribution in [3.8, 4) is 5.75 Å². The molecule has 21 heavy (non-hydrogen) atoms. The number of aryl methyl sites for hydroxylation is 2. The Kier molecular flexibility index (Phi) is 5.06. The molecule has 0 aliphatic carbocycles. The van der Waals surface area contributed by atoms with Crippen LogP contribution in [0.25, 0.3) is 0 Å². The molecule has 1 aromatic heterocycles. The summed E-state index contributed by atoms with van der Waals surface area (Å²) in [6, 6.07) is 6.47. The highest BCUT2D eigenvalue weighted by Gasteiger charge is 2.19. The minimum Gasteiger partial charge on any atom is -0.496 e. The van der Waals surface area contributed by atoms with E-state index in [2.05, 4.69) is 52.3 Å². The van der Waals surface area contributed by atoms with E-state index in [0.717, 1.165) is 22.3 Å². The lowest BCUT2D eigenvalue weighted by Crippen LogP contribution is -2.20. The molecule has 0 saturated heterocycles. The smallest absolute Gasteiger partial charge is 0.133 e. The Labute approximate surface area is 134 Å². The maximum atomic E-state index is 5.28. The molecule has 114 valence electrons. The summed E-state index contributed by atoms with van der Waals surface area (Å²) in [5.74, 6) is 0.855. The van der Waals surface area contributed by atoms with Crippen molar-refractivity contribution in [3.63, 3.8) is 0 Å². The van der Waals surface area contributed by atoms with Gasteiger partial charge in [-0.05, 0) is 60.9 Å². The lowest BCUT2D eigenvalue weighted by atomic mass is 9.97. The SMILES string of the molecule is CNC(Cc1ccc(OC)c(Br)c1)c1c(C)nn(C)c1C. The third kappa shape index (κ3) is 3.30. The van der Waals surface area contributed by atoms with Gasteiger partial charge in [0, 0.05) is 24.3 Å². The zero-order valence-electron chi connectivity index (χ0n) is 13.2. The normalized spacial score (nSPS) is 12.5. The summed E-state index contributed by atoms with van der Waals surface area (Å²) in [5.41, 5.74) is 4.83. The van der Waals surface area contributed by atoms with E-state index in [1.807, 2.05) is 24.8 Å². The highest BCUT2D eigenvalue weighted by molar-refractivity contribution is 9.10. The van der Waals surface area contributed by atoms with Gasteiger partial charge in [0.15, 0.2) is 0 Å². The topological polar surface area (TPSA) is 39.1 Å². The van der Waals surface area contributed by atoms with Gasteiger partial charge in [-0.3, -0.25) is 4.68 Å². The first-order valence-corrected chi connectivity index (χ1v) is 7.77. The molecule has 1 atom stereocenters. The van der Waals surface area contributed by atoms with Gasteiger partial charge in [-0.15, -0.1) is 0 Å². The monoisotopic (exact) mass is 351 g/mol. The van der Waals surface area contributed by atoms with Crippen LogP contribution in [0.5, 0.6) is 5.75 Å². The van der Waals surface area contributed by atoms with Crippen LogP contribution in [0.2, 0.25) is 0 Å². The van der Waals surface area contributed by atoms with Crippen molar-refractivity contribution in [2.75, 3.05) is 14.2 Å². The van der Waals surface area contributed by atoms with E-state index < -0.39 is 0 Å². The average Bonchev–Trinajstić information content (AvgIpc) is 2.70. The number of benzene rings is 1. The number of aromatic nitrogens is 2. The molecule has 0 aliphatic heterocycles. The van der Waals surface area contributed by atoms with Gasteiger partial charge in [-0.1, -0.05) is 6.07 Å². The van der Waals surface area contributed by atoms with Gasteiger partial charge >= 0.3 is 0 Å². The molecule has 1 aromatic carbocycles. The Bertz CT molecular complexity index is 637. The number of rotatable bonds is 5. The Morgan fingerprint density at radius 2 is 2.10 bits per heavy atom. The highest BCUT2D eigenvalue weighted by Crippen LogP contribution is 2.29. The minimum atomic E-state index is 0.249. The molecule has 0 aliphatic rings. The number of methoxy groups -OCH3 is 1. The molecular weight excluding hydrogens is 330 g/mol. The van der Waals surface area contributed by atoms with Crippen molar-refractivity contribution in [1.82, 2.24) is 15.1 Å². The molecule has 4 nitrogen and oxygen atoms in total. The van der Waals surface area contributed by atoms with Gasteiger partial charge in [0.05, 0.1) is 17.3 Å². The molecular formula is C16H22BrN3O. The molecule has 0 radical (unpaired) electrons. The van der Waals surface area contributed by atoms with Crippen molar-refractivity contribution in [1.29, 1.82) is 0 Å². The fourth-order valence-electron chi connectivity index (χ4n) is 2.72. The van der Waals surface area contributed by atoms with E-state index in [1.165, 1.54) is 16.8 Å². The van der Waals surface area contributed by atoms with Crippen LogP contribution in [0.15, 0.2) is 22.7 Å². The average molecular weight is 352 g/mol. The molecule has 2 rings (SSSR count). The van der Waals surface area contributed by atoms with E-state index in [0.29, 0.717) is 0 Å². The van der Waals surface area contributed by atoms with Crippen LogP contribution < -0.4 is 10.1 Å². The Morgan fingerprint density at radius 3 is 2.57 bits per heavy atom. The molecule has 0 amide bonds. The number of likely N-dealkylation sites (N-methyl/N-ethyl adjacent to an activating group) is 1. The van der Waals surface area contributed by atoms with Gasteiger partial charge in [0.2, 0.25) is 0 Å². The highest BCUT2D eigenvalue weighted by atomic mass is 79.9. The molecule has 5 heteroatoms. The fraction of sp³-hybridized carbons (Fsp3) is 0.438. The fourth-order valence-corrected chi connectivity index (χ4v) is 3.30. The lowest BCUT2D eigenvalue weighted by Gasteiger charge is -2.18. The van der Waals surface area contributed by atoms with Crippen molar-refractivity contribution in [3.05, 3.63) is 45.2 Å². The Hall–Kier alpha value is -1.33. The van der Waals surface area contributed by atoms with Gasteiger partial charge in [-0.25, -0.2) is 0 Å². The van der Waals surface area contributed by atoms with Crippen LogP contribution in [-0.4, -0.2) is 23.9 Å². The number of halogens is 1. The summed E-state index contributed by atoms with van der Waals surface area (Å²) >= 11 is 3.55. The standard InChI is InChI=1S/C16H22BrN3O/c1-10-16(11(2)20(4)19-10)14(18-3)9-12-6-7-15(21-5)13(17)8-12/h6-8,14,18H,9H2,1-5H3. The van der Waals surface area contributed by atoms with E-state index in [-0.39, 0.29) is 6.04 Å². The third-order valence-corrected chi connectivity index (χ3v) is 4.54. The Balaban J connectivity index is 2.29. The maximum Gasteiger partial charge on any atom is 0.133 e. The molecule has 0 spiro atoms. The molecule has 1 unspecified atom stereocenters. The predicted molar refractivity (Wildman–Crippen MR) is 88.9 cm³/mol. The van der Waals surface area contributed by atoms with E-state index in [4.69, 9.17) is 4.74 Å². The second kappa shape index (κ2) is 6.62. The van der Waals surface area contributed by atoms with E-state index >= 15 is 0 Å². The van der Waals surface area contributed by atoms with Crippen LogP contribution in [0.3, 0.4) is 0 Å². The van der Waals surface area contributed by atoms with Crippen molar-refractivity contribution in [2.24, 2.45) is 7.05 Å². The molecule has 0 bridgehead atoms. The maximum absolute atomic E-state index is 5.28. The summed E-state index contributed by atoms with van der Waals surface area (Å²) in [5, 5.41) is 7.92. The number of hydrogen-bond donors (Lipinski definition) is 1. The molecule has 1 N–H and O–H groups in total. The second-order valence-electron chi connectivity index (χ2n) is 5.22. The van der Waals surface area contributed by atoms with Crippen LogP contribution in [-0.2, 0) is 13.5 Å². The largest absolute Gasteiger partial charge is 0.496 e. The summed E-state index contributed by atoms with van der Waals surface area (Å²) in [7, 11) is 5.66. The van der Waals surface area contributed by atoms with Crippen LogP contribution in [0, 0.1) is 13.8 Å². The van der Waals surface area contributed by atoms with Gasteiger partial charge in [0.1, 0.15) is 5.75 Å². The van der Waals surface area contributed by atoms with Crippen LogP contribution in [0.1, 0.15) is 28.6 Å². The van der Waals surface area contributed by atoms with E-state index in [1.54, 1.807) is 7.11 Å². The van der Waals surface area contributed by atoms with E-state index in [9.17, 15) is 0 Å². The zero-order chi connectivity index (χ0) is 15.6. The predicted octanol–water partition coefficient (Wildman–Crippen LogP) is 3.31. The van der Waals surface area contributed by atoms with Crippen LogP contribution >= 0.6 is 15.9 Å². The molecule has 0 saturated carbocycles. The lowest BCUT2D eigenvalue weighted by molar-refractivity contribution is 0.412. The number of hydrogen-bond acceptors (Lipinski definition) is 3. The summed E-state index contributed by atoms with van der Waals surface area (Å²) < 4.78 is 8.21. The van der Waals surface area contributed by atoms with Gasteiger partial charge in [-0.2, -0.15) is 5.10 Å². The summed E-state index contributed by atoms with van der Waals surface area (Å²) in [6.07, 6.45) is 0.909. The van der Waals surface area contributed by atoms with Crippen molar-refractivity contribution >= 4 is 15.9 Å². The van der Waals surface area contributed by atoms with Crippen molar-refractivity contribution < 1.29 is 4.74 Å². The molecule has 0 fully saturated rings. The zero-order valence-corrected chi connectivity index (χ0v) is 14.8. The minimum absolute atomic E-state index is 0.249.